The highest BCUT2D eigenvalue weighted by Gasteiger charge is 2.57. The predicted octanol–water partition coefficient (Wildman–Crippen LogP) is 4.16. The SMILES string of the molecule is Cc1cc(C)c(C23CC4CC(CC(N)(C4)C2)C3)cc1C. The lowest BCUT2D eigenvalue weighted by Gasteiger charge is -2.61. The fraction of sp³-hybridized carbons (Fsp3) is 0.684. The molecule has 2 atom stereocenters. The van der Waals surface area contributed by atoms with Crippen LogP contribution in [0.15, 0.2) is 12.1 Å². The molecular formula is C19H27N. The maximum absolute atomic E-state index is 6.76. The highest BCUT2D eigenvalue weighted by Crippen LogP contribution is 2.61. The Balaban J connectivity index is 1.84. The van der Waals surface area contributed by atoms with Gasteiger partial charge in [-0.05, 0) is 98.8 Å². The molecule has 0 heterocycles. The van der Waals surface area contributed by atoms with Crippen molar-refractivity contribution in [3.05, 3.63) is 34.4 Å². The van der Waals surface area contributed by atoms with E-state index in [0.29, 0.717) is 5.41 Å². The van der Waals surface area contributed by atoms with E-state index >= 15 is 0 Å². The zero-order valence-electron chi connectivity index (χ0n) is 13.1. The Kier molecular flexibility index (Phi) is 2.50. The first kappa shape index (κ1) is 12.9. The van der Waals surface area contributed by atoms with Crippen LogP contribution in [-0.4, -0.2) is 5.54 Å². The van der Waals surface area contributed by atoms with Crippen LogP contribution in [0.2, 0.25) is 0 Å². The second-order valence-electron chi connectivity index (χ2n) is 8.36. The Morgan fingerprint density at radius 2 is 1.50 bits per heavy atom. The topological polar surface area (TPSA) is 26.0 Å². The third-order valence-corrected chi connectivity index (χ3v) is 6.52. The molecule has 1 aromatic carbocycles. The first-order chi connectivity index (χ1) is 9.39. The van der Waals surface area contributed by atoms with Crippen molar-refractivity contribution in [2.45, 2.75) is 70.3 Å². The summed E-state index contributed by atoms with van der Waals surface area (Å²) in [5, 5.41) is 0. The second-order valence-corrected chi connectivity index (χ2v) is 8.36. The van der Waals surface area contributed by atoms with E-state index in [0.717, 1.165) is 11.8 Å². The minimum absolute atomic E-state index is 0.148. The zero-order valence-corrected chi connectivity index (χ0v) is 13.1. The van der Waals surface area contributed by atoms with Crippen LogP contribution in [0.4, 0.5) is 0 Å². The first-order valence-corrected chi connectivity index (χ1v) is 8.26. The van der Waals surface area contributed by atoms with Gasteiger partial charge in [0.1, 0.15) is 0 Å². The van der Waals surface area contributed by atoms with Gasteiger partial charge < -0.3 is 5.73 Å². The zero-order chi connectivity index (χ0) is 14.1. The number of rotatable bonds is 1. The summed E-state index contributed by atoms with van der Waals surface area (Å²) in [5.74, 6) is 1.78. The minimum atomic E-state index is 0.148. The number of hydrogen-bond acceptors (Lipinski definition) is 1. The number of nitrogens with two attached hydrogens (primary N) is 1. The molecule has 4 aliphatic carbocycles. The summed E-state index contributed by atoms with van der Waals surface area (Å²) in [4.78, 5) is 0. The Morgan fingerprint density at radius 1 is 0.900 bits per heavy atom. The largest absolute Gasteiger partial charge is 0.325 e. The van der Waals surface area contributed by atoms with Gasteiger partial charge in [-0.1, -0.05) is 12.1 Å². The van der Waals surface area contributed by atoms with Crippen molar-refractivity contribution in [3.63, 3.8) is 0 Å². The van der Waals surface area contributed by atoms with Crippen LogP contribution in [0.25, 0.3) is 0 Å². The standard InChI is InChI=1S/C19H27N/c1-12-4-14(3)17(5-13(12)2)18-7-15-6-16(8-18)10-19(20,9-15)11-18/h4-5,15-16H,6-11,20H2,1-3H3. The smallest absolute Gasteiger partial charge is 0.0168 e. The van der Waals surface area contributed by atoms with Gasteiger partial charge in [-0.3, -0.25) is 0 Å². The molecular weight excluding hydrogens is 242 g/mol. The van der Waals surface area contributed by atoms with Gasteiger partial charge in [0.05, 0.1) is 0 Å². The molecule has 5 rings (SSSR count). The maximum atomic E-state index is 6.76. The minimum Gasteiger partial charge on any atom is -0.325 e. The monoisotopic (exact) mass is 269 g/mol. The molecule has 20 heavy (non-hydrogen) atoms. The summed E-state index contributed by atoms with van der Waals surface area (Å²) in [7, 11) is 0. The van der Waals surface area contributed by atoms with E-state index in [4.69, 9.17) is 5.73 Å². The molecule has 4 bridgehead atoms. The van der Waals surface area contributed by atoms with Gasteiger partial charge in [-0.25, -0.2) is 0 Å². The molecule has 1 nitrogen and oxygen atoms in total. The van der Waals surface area contributed by atoms with Gasteiger partial charge in [-0.2, -0.15) is 0 Å². The lowest BCUT2D eigenvalue weighted by molar-refractivity contribution is -0.0229. The molecule has 108 valence electrons. The van der Waals surface area contributed by atoms with Gasteiger partial charge in [0.25, 0.3) is 0 Å². The summed E-state index contributed by atoms with van der Waals surface area (Å²) >= 11 is 0. The van der Waals surface area contributed by atoms with Gasteiger partial charge >= 0.3 is 0 Å². The number of hydrogen-bond donors (Lipinski definition) is 1. The molecule has 2 unspecified atom stereocenters. The molecule has 0 spiro atoms. The normalized spacial score (nSPS) is 42.2. The molecule has 0 saturated heterocycles. The van der Waals surface area contributed by atoms with Crippen molar-refractivity contribution in [3.8, 4) is 0 Å². The Hall–Kier alpha value is -0.820. The van der Waals surface area contributed by atoms with E-state index in [1.165, 1.54) is 55.2 Å². The summed E-state index contributed by atoms with van der Waals surface area (Å²) in [6.07, 6.45) is 8.04. The number of aryl methyl sites for hydroxylation is 3. The van der Waals surface area contributed by atoms with Crippen LogP contribution in [0.1, 0.15) is 60.8 Å². The second kappa shape index (κ2) is 3.88. The predicted molar refractivity (Wildman–Crippen MR) is 83.9 cm³/mol. The first-order valence-electron chi connectivity index (χ1n) is 8.26. The van der Waals surface area contributed by atoms with Crippen LogP contribution in [-0.2, 0) is 5.41 Å². The van der Waals surface area contributed by atoms with E-state index in [-0.39, 0.29) is 5.54 Å². The van der Waals surface area contributed by atoms with Crippen molar-refractivity contribution < 1.29 is 0 Å². The maximum Gasteiger partial charge on any atom is 0.0168 e. The molecule has 1 aromatic rings. The Morgan fingerprint density at radius 3 is 2.10 bits per heavy atom. The highest BCUT2D eigenvalue weighted by atomic mass is 14.8. The molecule has 0 amide bonds. The highest BCUT2D eigenvalue weighted by molar-refractivity contribution is 5.43. The lowest BCUT2D eigenvalue weighted by Crippen LogP contribution is -2.61. The fourth-order valence-electron chi connectivity index (χ4n) is 6.18. The summed E-state index contributed by atoms with van der Waals surface area (Å²) in [5.41, 5.74) is 13.3. The summed E-state index contributed by atoms with van der Waals surface area (Å²) < 4.78 is 0. The van der Waals surface area contributed by atoms with E-state index < -0.39 is 0 Å². The van der Waals surface area contributed by atoms with Crippen LogP contribution in [0.5, 0.6) is 0 Å². The molecule has 4 fully saturated rings. The van der Waals surface area contributed by atoms with Crippen molar-refractivity contribution in [2.75, 3.05) is 0 Å². The molecule has 0 aliphatic heterocycles. The molecule has 2 N–H and O–H groups in total. The van der Waals surface area contributed by atoms with Crippen molar-refractivity contribution in [1.82, 2.24) is 0 Å². The van der Waals surface area contributed by atoms with Crippen molar-refractivity contribution in [1.29, 1.82) is 0 Å². The summed E-state index contributed by atoms with van der Waals surface area (Å²) in [6.45, 7) is 6.80. The van der Waals surface area contributed by atoms with E-state index in [1.54, 1.807) is 5.56 Å². The molecule has 0 aromatic heterocycles. The van der Waals surface area contributed by atoms with Gasteiger partial charge in [0.15, 0.2) is 0 Å². The van der Waals surface area contributed by atoms with E-state index in [9.17, 15) is 0 Å². The molecule has 4 aliphatic rings. The van der Waals surface area contributed by atoms with Crippen LogP contribution >= 0.6 is 0 Å². The van der Waals surface area contributed by atoms with E-state index in [1.807, 2.05) is 0 Å². The third-order valence-electron chi connectivity index (χ3n) is 6.52. The van der Waals surface area contributed by atoms with Crippen LogP contribution in [0.3, 0.4) is 0 Å². The molecule has 1 heteroatoms. The average Bonchev–Trinajstić information content (AvgIpc) is 2.30. The molecule has 0 radical (unpaired) electrons. The Bertz CT molecular complexity index is 557. The number of benzene rings is 1. The van der Waals surface area contributed by atoms with Gasteiger partial charge in [-0.15, -0.1) is 0 Å². The van der Waals surface area contributed by atoms with Crippen molar-refractivity contribution >= 4 is 0 Å². The molecule has 4 saturated carbocycles. The fourth-order valence-corrected chi connectivity index (χ4v) is 6.18. The van der Waals surface area contributed by atoms with Crippen LogP contribution in [0, 0.1) is 32.6 Å². The van der Waals surface area contributed by atoms with Crippen molar-refractivity contribution in [2.24, 2.45) is 17.6 Å². The quantitative estimate of drug-likeness (QED) is 0.814. The average molecular weight is 269 g/mol. The van der Waals surface area contributed by atoms with E-state index in [2.05, 4.69) is 32.9 Å². The van der Waals surface area contributed by atoms with Gasteiger partial charge in [0.2, 0.25) is 0 Å². The van der Waals surface area contributed by atoms with Crippen LogP contribution < -0.4 is 5.73 Å². The summed E-state index contributed by atoms with van der Waals surface area (Å²) in [6, 6.07) is 4.88. The van der Waals surface area contributed by atoms with Gasteiger partial charge in [0, 0.05) is 5.54 Å². The lowest BCUT2D eigenvalue weighted by atomic mass is 9.45. The third kappa shape index (κ3) is 1.72. The Labute approximate surface area is 122 Å².